The predicted octanol–water partition coefficient (Wildman–Crippen LogP) is 4.19. The van der Waals surface area contributed by atoms with Crippen LogP contribution in [0.5, 0.6) is 0 Å². The van der Waals surface area contributed by atoms with Crippen molar-refractivity contribution >= 4 is 22.8 Å². The van der Waals surface area contributed by atoms with E-state index >= 15 is 0 Å². The third-order valence-corrected chi connectivity index (χ3v) is 4.98. The Morgan fingerprint density at radius 1 is 1.30 bits per heavy atom. The fourth-order valence-corrected chi connectivity index (χ4v) is 3.28. The SMILES string of the molecule is Cc1ccc2c(ccn2C(=O)Nc2cc(C3(C)CCC3)[nH]n2)c1. The highest BCUT2D eigenvalue weighted by molar-refractivity contribution is 5.98. The summed E-state index contributed by atoms with van der Waals surface area (Å²) < 4.78 is 1.62. The maximum Gasteiger partial charge on any atom is 0.331 e. The minimum Gasteiger partial charge on any atom is -0.290 e. The molecule has 1 aromatic carbocycles. The molecule has 2 N–H and O–H groups in total. The van der Waals surface area contributed by atoms with Crippen molar-refractivity contribution in [2.45, 2.75) is 38.5 Å². The Morgan fingerprint density at radius 2 is 2.13 bits per heavy atom. The van der Waals surface area contributed by atoms with Crippen LogP contribution in [-0.4, -0.2) is 20.8 Å². The molecule has 1 aliphatic rings. The van der Waals surface area contributed by atoms with Gasteiger partial charge < -0.3 is 0 Å². The molecule has 3 aromatic rings. The van der Waals surface area contributed by atoms with Gasteiger partial charge in [-0.15, -0.1) is 0 Å². The number of rotatable bonds is 2. The predicted molar refractivity (Wildman–Crippen MR) is 90.9 cm³/mol. The quantitative estimate of drug-likeness (QED) is 0.745. The molecule has 0 atom stereocenters. The van der Waals surface area contributed by atoms with Gasteiger partial charge in [0, 0.05) is 28.8 Å². The molecule has 1 fully saturated rings. The van der Waals surface area contributed by atoms with E-state index in [2.05, 4.69) is 28.5 Å². The molecule has 1 aliphatic carbocycles. The van der Waals surface area contributed by atoms with Gasteiger partial charge in [0.15, 0.2) is 5.82 Å². The number of fused-ring (bicyclic) bond motifs is 1. The van der Waals surface area contributed by atoms with Crippen molar-refractivity contribution in [2.24, 2.45) is 0 Å². The lowest BCUT2D eigenvalue weighted by molar-refractivity contribution is 0.254. The molecule has 4 rings (SSSR count). The molecule has 2 aromatic heterocycles. The highest BCUT2D eigenvalue weighted by Crippen LogP contribution is 2.42. The first kappa shape index (κ1) is 14.1. The number of carbonyl (C=O) groups is 1. The van der Waals surface area contributed by atoms with E-state index in [1.807, 2.05) is 31.2 Å². The molecule has 1 saturated carbocycles. The smallest absolute Gasteiger partial charge is 0.290 e. The number of nitrogens with one attached hydrogen (secondary N) is 2. The van der Waals surface area contributed by atoms with Gasteiger partial charge in [-0.2, -0.15) is 5.10 Å². The Labute approximate surface area is 134 Å². The second-order valence-electron chi connectivity index (χ2n) is 6.76. The number of aromatic nitrogens is 3. The van der Waals surface area contributed by atoms with E-state index in [1.165, 1.54) is 24.8 Å². The van der Waals surface area contributed by atoms with Crippen LogP contribution in [0.3, 0.4) is 0 Å². The number of H-pyrrole nitrogens is 1. The Kier molecular flexibility index (Phi) is 3.04. The summed E-state index contributed by atoms with van der Waals surface area (Å²) in [6, 6.07) is 9.76. The number of amides is 1. The molecule has 1 amide bonds. The van der Waals surface area contributed by atoms with Crippen molar-refractivity contribution in [1.82, 2.24) is 14.8 Å². The number of carbonyl (C=O) groups excluding carboxylic acids is 1. The molecule has 23 heavy (non-hydrogen) atoms. The van der Waals surface area contributed by atoms with E-state index in [9.17, 15) is 4.79 Å². The van der Waals surface area contributed by atoms with E-state index in [1.54, 1.807) is 10.8 Å². The van der Waals surface area contributed by atoms with Crippen molar-refractivity contribution in [3.8, 4) is 0 Å². The lowest BCUT2D eigenvalue weighted by atomic mass is 9.68. The summed E-state index contributed by atoms with van der Waals surface area (Å²) >= 11 is 0. The second-order valence-corrected chi connectivity index (χ2v) is 6.76. The van der Waals surface area contributed by atoms with Crippen LogP contribution in [0.4, 0.5) is 10.6 Å². The van der Waals surface area contributed by atoms with E-state index < -0.39 is 0 Å². The topological polar surface area (TPSA) is 62.7 Å². The zero-order valence-electron chi connectivity index (χ0n) is 13.4. The zero-order valence-corrected chi connectivity index (χ0v) is 13.4. The van der Waals surface area contributed by atoms with Crippen LogP contribution >= 0.6 is 0 Å². The van der Waals surface area contributed by atoms with E-state index in [4.69, 9.17) is 0 Å². The number of aromatic amines is 1. The maximum absolute atomic E-state index is 12.5. The number of hydrogen-bond acceptors (Lipinski definition) is 2. The Hall–Kier alpha value is -2.56. The summed E-state index contributed by atoms with van der Waals surface area (Å²) in [5, 5.41) is 11.2. The molecule has 5 heteroatoms. The summed E-state index contributed by atoms with van der Waals surface area (Å²) in [6.07, 6.45) is 5.39. The standard InChI is InChI=1S/C18H20N4O/c1-12-4-5-14-13(10-12)6-9-22(14)17(23)19-16-11-15(20-21-16)18(2)7-3-8-18/h4-6,9-11H,3,7-8H2,1-2H3,(H2,19,20,21,23). The lowest BCUT2D eigenvalue weighted by Crippen LogP contribution is -2.30. The van der Waals surface area contributed by atoms with Gasteiger partial charge in [-0.3, -0.25) is 15.0 Å². The van der Waals surface area contributed by atoms with Crippen molar-refractivity contribution < 1.29 is 4.79 Å². The average Bonchev–Trinajstić information content (AvgIpc) is 3.11. The number of benzene rings is 1. The first-order valence-corrected chi connectivity index (χ1v) is 8.00. The van der Waals surface area contributed by atoms with Crippen molar-refractivity contribution in [3.63, 3.8) is 0 Å². The Balaban J connectivity index is 1.57. The molecular weight excluding hydrogens is 288 g/mol. The van der Waals surface area contributed by atoms with E-state index in [0.717, 1.165) is 16.6 Å². The molecule has 0 aliphatic heterocycles. The number of nitrogens with zero attached hydrogens (tertiary/aromatic N) is 2. The van der Waals surface area contributed by atoms with Crippen LogP contribution in [0, 0.1) is 6.92 Å². The summed E-state index contributed by atoms with van der Waals surface area (Å²) in [5.41, 5.74) is 3.37. The van der Waals surface area contributed by atoms with Gasteiger partial charge in [-0.05, 0) is 38.0 Å². The fourth-order valence-electron chi connectivity index (χ4n) is 3.28. The number of anilines is 1. The van der Waals surface area contributed by atoms with E-state index in [-0.39, 0.29) is 11.4 Å². The van der Waals surface area contributed by atoms with Gasteiger partial charge >= 0.3 is 6.03 Å². The monoisotopic (exact) mass is 308 g/mol. The molecule has 0 radical (unpaired) electrons. The molecular formula is C18H20N4O. The maximum atomic E-state index is 12.5. The first-order chi connectivity index (χ1) is 11.0. The van der Waals surface area contributed by atoms with Crippen LogP contribution in [0.1, 0.15) is 37.4 Å². The van der Waals surface area contributed by atoms with Crippen molar-refractivity contribution in [1.29, 1.82) is 0 Å². The highest BCUT2D eigenvalue weighted by atomic mass is 16.2. The lowest BCUT2D eigenvalue weighted by Gasteiger charge is -2.37. The Morgan fingerprint density at radius 3 is 2.87 bits per heavy atom. The van der Waals surface area contributed by atoms with Gasteiger partial charge in [0.2, 0.25) is 0 Å². The van der Waals surface area contributed by atoms with Crippen LogP contribution in [0.15, 0.2) is 36.5 Å². The van der Waals surface area contributed by atoms with Crippen LogP contribution in [0.2, 0.25) is 0 Å². The average molecular weight is 308 g/mol. The van der Waals surface area contributed by atoms with E-state index in [0.29, 0.717) is 5.82 Å². The molecule has 0 spiro atoms. The molecule has 5 nitrogen and oxygen atoms in total. The number of hydrogen-bond donors (Lipinski definition) is 2. The zero-order chi connectivity index (χ0) is 16.0. The third-order valence-electron chi connectivity index (χ3n) is 4.98. The van der Waals surface area contributed by atoms with Gasteiger partial charge in [0.05, 0.1) is 5.52 Å². The second kappa shape index (κ2) is 4.98. The normalized spacial score (nSPS) is 16.3. The van der Waals surface area contributed by atoms with Gasteiger partial charge in [0.1, 0.15) is 0 Å². The summed E-state index contributed by atoms with van der Waals surface area (Å²) in [6.45, 7) is 4.28. The van der Waals surface area contributed by atoms with Gasteiger partial charge in [-0.1, -0.05) is 25.0 Å². The largest absolute Gasteiger partial charge is 0.331 e. The molecule has 0 saturated heterocycles. The number of aryl methyl sites for hydroxylation is 1. The van der Waals surface area contributed by atoms with Crippen molar-refractivity contribution in [2.75, 3.05) is 5.32 Å². The van der Waals surface area contributed by atoms with Crippen LogP contribution < -0.4 is 5.32 Å². The molecule has 0 unspecified atom stereocenters. The fraction of sp³-hybridized carbons (Fsp3) is 0.333. The molecule has 118 valence electrons. The van der Waals surface area contributed by atoms with Crippen LogP contribution in [0.25, 0.3) is 10.9 Å². The minimum atomic E-state index is -0.194. The molecule has 0 bridgehead atoms. The molecule has 2 heterocycles. The van der Waals surface area contributed by atoms with Crippen LogP contribution in [-0.2, 0) is 5.41 Å². The minimum absolute atomic E-state index is 0.188. The summed E-state index contributed by atoms with van der Waals surface area (Å²) in [7, 11) is 0. The van der Waals surface area contributed by atoms with Gasteiger partial charge in [-0.25, -0.2) is 4.79 Å². The van der Waals surface area contributed by atoms with Crippen molar-refractivity contribution in [3.05, 3.63) is 47.8 Å². The Bertz CT molecular complexity index is 885. The summed E-state index contributed by atoms with van der Waals surface area (Å²) in [4.78, 5) is 12.5. The highest BCUT2D eigenvalue weighted by Gasteiger charge is 2.35. The van der Waals surface area contributed by atoms with Gasteiger partial charge in [0.25, 0.3) is 0 Å². The summed E-state index contributed by atoms with van der Waals surface area (Å²) in [5.74, 6) is 0.576. The third kappa shape index (κ3) is 2.32. The first-order valence-electron chi connectivity index (χ1n) is 8.00.